The molecule has 0 heterocycles. The normalized spacial score (nSPS) is 18.9. The van der Waals surface area contributed by atoms with Gasteiger partial charge in [0.1, 0.15) is 0 Å². The maximum absolute atomic E-state index is 12.0. The molecule has 0 saturated heterocycles. The molecule has 0 aromatic rings. The molecule has 100 valence electrons. The van der Waals surface area contributed by atoms with Crippen LogP contribution in [0.3, 0.4) is 0 Å². The van der Waals surface area contributed by atoms with Crippen LogP contribution in [0.25, 0.3) is 0 Å². The van der Waals surface area contributed by atoms with Crippen LogP contribution in [-0.4, -0.2) is 25.8 Å². The van der Waals surface area contributed by atoms with Gasteiger partial charge in [0.2, 0.25) is 0 Å². The lowest BCUT2D eigenvalue weighted by atomic mass is 9.80. The van der Waals surface area contributed by atoms with Gasteiger partial charge in [-0.2, -0.15) is 0 Å². The molecule has 1 fully saturated rings. The van der Waals surface area contributed by atoms with Crippen molar-refractivity contribution in [2.75, 3.05) is 19.8 Å². The number of esters is 1. The maximum Gasteiger partial charge on any atom is 0.311 e. The van der Waals surface area contributed by atoms with Gasteiger partial charge in [-0.3, -0.25) is 4.79 Å². The average molecular weight is 242 g/mol. The molecule has 1 atom stereocenters. The Hall–Kier alpha value is -0.570. The maximum atomic E-state index is 12.0. The first kappa shape index (κ1) is 14.5. The Kier molecular flexibility index (Phi) is 7.25. The first-order valence-electron chi connectivity index (χ1n) is 7.04. The second-order valence-corrected chi connectivity index (χ2v) is 4.83. The lowest BCUT2D eigenvalue weighted by Gasteiger charge is -2.28. The molecule has 0 aromatic carbocycles. The van der Waals surface area contributed by atoms with Gasteiger partial charge in [0.25, 0.3) is 0 Å². The van der Waals surface area contributed by atoms with Crippen molar-refractivity contribution in [1.82, 2.24) is 0 Å². The van der Waals surface area contributed by atoms with Crippen molar-refractivity contribution in [3.63, 3.8) is 0 Å². The fraction of sp³-hybridized carbons (Fsp3) is 0.929. The van der Waals surface area contributed by atoms with Crippen LogP contribution in [0, 0.1) is 11.8 Å². The minimum Gasteiger partial charge on any atom is -0.465 e. The van der Waals surface area contributed by atoms with Crippen LogP contribution < -0.4 is 0 Å². The molecule has 17 heavy (non-hydrogen) atoms. The molecule has 3 heteroatoms. The monoisotopic (exact) mass is 242 g/mol. The summed E-state index contributed by atoms with van der Waals surface area (Å²) in [6.07, 6.45) is 6.99. The van der Waals surface area contributed by atoms with Crippen LogP contribution in [0.4, 0.5) is 0 Å². The number of hydrogen-bond donors (Lipinski definition) is 0. The highest BCUT2D eigenvalue weighted by molar-refractivity contribution is 5.73. The van der Waals surface area contributed by atoms with Crippen molar-refractivity contribution < 1.29 is 14.3 Å². The van der Waals surface area contributed by atoms with Gasteiger partial charge >= 0.3 is 5.97 Å². The van der Waals surface area contributed by atoms with Gasteiger partial charge in [0.15, 0.2) is 0 Å². The van der Waals surface area contributed by atoms with E-state index < -0.39 is 0 Å². The molecule has 3 nitrogen and oxygen atoms in total. The van der Waals surface area contributed by atoms with Crippen molar-refractivity contribution in [3.05, 3.63) is 0 Å². The van der Waals surface area contributed by atoms with Crippen molar-refractivity contribution >= 4 is 5.97 Å². The summed E-state index contributed by atoms with van der Waals surface area (Å²) in [6, 6.07) is 0. The number of carbonyl (C=O) groups is 1. The first-order valence-corrected chi connectivity index (χ1v) is 7.04. The van der Waals surface area contributed by atoms with Crippen LogP contribution >= 0.6 is 0 Å². The molecule has 1 rings (SSSR count). The van der Waals surface area contributed by atoms with E-state index in [9.17, 15) is 4.79 Å². The van der Waals surface area contributed by atoms with E-state index >= 15 is 0 Å². The standard InChI is InChI=1S/C14H26O3/c1-3-10-17-14(15)13(11-16-4-2)12-8-6-5-7-9-12/h12-13H,3-11H2,1-2H3. The highest BCUT2D eigenvalue weighted by Gasteiger charge is 2.30. The molecule has 0 radical (unpaired) electrons. The van der Waals surface area contributed by atoms with Gasteiger partial charge in [-0.05, 0) is 32.1 Å². The molecular formula is C14H26O3. The number of hydrogen-bond acceptors (Lipinski definition) is 3. The van der Waals surface area contributed by atoms with Gasteiger partial charge in [0.05, 0.1) is 19.1 Å². The number of rotatable bonds is 7. The van der Waals surface area contributed by atoms with Crippen LogP contribution in [0.5, 0.6) is 0 Å². The van der Waals surface area contributed by atoms with E-state index in [1.165, 1.54) is 19.3 Å². The third kappa shape index (κ3) is 5.07. The lowest BCUT2D eigenvalue weighted by Crippen LogP contribution is -2.31. The Labute approximate surface area is 105 Å². The second-order valence-electron chi connectivity index (χ2n) is 4.83. The largest absolute Gasteiger partial charge is 0.465 e. The summed E-state index contributed by atoms with van der Waals surface area (Å²) >= 11 is 0. The van der Waals surface area contributed by atoms with Gasteiger partial charge in [-0.15, -0.1) is 0 Å². The molecule has 0 amide bonds. The summed E-state index contributed by atoms with van der Waals surface area (Å²) < 4.78 is 10.7. The molecule has 0 spiro atoms. The number of ether oxygens (including phenoxy) is 2. The van der Waals surface area contributed by atoms with Crippen LogP contribution in [0.15, 0.2) is 0 Å². The van der Waals surface area contributed by atoms with E-state index in [4.69, 9.17) is 9.47 Å². The Balaban J connectivity index is 2.48. The van der Waals surface area contributed by atoms with Crippen molar-refractivity contribution in [2.45, 2.75) is 52.4 Å². The predicted octanol–water partition coefficient (Wildman–Crippen LogP) is 3.17. The molecule has 1 unspecified atom stereocenters. The summed E-state index contributed by atoms with van der Waals surface area (Å²) in [6.45, 7) is 5.73. The molecule has 1 saturated carbocycles. The SMILES string of the molecule is CCCOC(=O)C(COCC)C1CCCCC1. The minimum atomic E-state index is -0.0489. The zero-order valence-electron chi connectivity index (χ0n) is 11.2. The zero-order chi connectivity index (χ0) is 12.5. The van der Waals surface area contributed by atoms with E-state index in [2.05, 4.69) is 0 Å². The molecule has 0 aromatic heterocycles. The lowest BCUT2D eigenvalue weighted by molar-refractivity contribution is -0.153. The Morgan fingerprint density at radius 2 is 1.94 bits per heavy atom. The Bertz CT molecular complexity index is 210. The van der Waals surface area contributed by atoms with Crippen molar-refractivity contribution in [2.24, 2.45) is 11.8 Å². The Morgan fingerprint density at radius 3 is 2.53 bits per heavy atom. The highest BCUT2D eigenvalue weighted by Crippen LogP contribution is 2.31. The van der Waals surface area contributed by atoms with E-state index in [0.29, 0.717) is 25.7 Å². The summed E-state index contributed by atoms with van der Waals surface area (Å²) in [5.74, 6) is 0.383. The first-order chi connectivity index (χ1) is 8.29. The van der Waals surface area contributed by atoms with Crippen LogP contribution in [-0.2, 0) is 14.3 Å². The highest BCUT2D eigenvalue weighted by atomic mass is 16.5. The average Bonchev–Trinajstić information content (AvgIpc) is 2.38. The zero-order valence-corrected chi connectivity index (χ0v) is 11.2. The summed E-state index contributed by atoms with van der Waals surface area (Å²) in [7, 11) is 0. The third-order valence-electron chi connectivity index (χ3n) is 3.47. The molecule has 0 N–H and O–H groups in total. The van der Waals surface area contributed by atoms with E-state index in [0.717, 1.165) is 19.3 Å². The fourth-order valence-electron chi connectivity index (χ4n) is 2.49. The third-order valence-corrected chi connectivity index (χ3v) is 3.47. The quantitative estimate of drug-likeness (QED) is 0.643. The van der Waals surface area contributed by atoms with Gasteiger partial charge in [-0.1, -0.05) is 26.2 Å². The number of carbonyl (C=O) groups excluding carboxylic acids is 1. The molecule has 0 aliphatic heterocycles. The van der Waals surface area contributed by atoms with Crippen molar-refractivity contribution in [1.29, 1.82) is 0 Å². The van der Waals surface area contributed by atoms with Gasteiger partial charge in [0, 0.05) is 6.61 Å². The summed E-state index contributed by atoms with van der Waals surface area (Å²) in [4.78, 5) is 12.0. The van der Waals surface area contributed by atoms with E-state index in [-0.39, 0.29) is 11.9 Å². The van der Waals surface area contributed by atoms with Gasteiger partial charge < -0.3 is 9.47 Å². The van der Waals surface area contributed by atoms with Crippen molar-refractivity contribution in [3.8, 4) is 0 Å². The van der Waals surface area contributed by atoms with Gasteiger partial charge in [-0.25, -0.2) is 0 Å². The minimum absolute atomic E-state index is 0.0400. The van der Waals surface area contributed by atoms with E-state index in [1.807, 2.05) is 13.8 Å². The summed E-state index contributed by atoms with van der Waals surface area (Å²) in [5.41, 5.74) is 0. The second kappa shape index (κ2) is 8.51. The van der Waals surface area contributed by atoms with Crippen LogP contribution in [0.2, 0.25) is 0 Å². The molecular weight excluding hydrogens is 216 g/mol. The van der Waals surface area contributed by atoms with E-state index in [1.54, 1.807) is 0 Å². The fourth-order valence-corrected chi connectivity index (χ4v) is 2.49. The molecule has 1 aliphatic rings. The summed E-state index contributed by atoms with van der Waals surface area (Å²) in [5, 5.41) is 0. The topological polar surface area (TPSA) is 35.5 Å². The van der Waals surface area contributed by atoms with Crippen LogP contribution in [0.1, 0.15) is 52.4 Å². The molecule has 1 aliphatic carbocycles. The molecule has 0 bridgehead atoms. The smallest absolute Gasteiger partial charge is 0.311 e. The predicted molar refractivity (Wildman–Crippen MR) is 67.8 cm³/mol. The Morgan fingerprint density at radius 1 is 1.24 bits per heavy atom.